The number of aliphatic carboxylic acids is 1. The van der Waals surface area contributed by atoms with E-state index in [0.29, 0.717) is 5.92 Å². The number of thioether (sulfide) groups is 1. The predicted octanol–water partition coefficient (Wildman–Crippen LogP) is 3.96. The SMILES string of the molecule is CCC1CCC(C(=O)O)C(Sc2ccoc2C)C1. The second kappa shape index (κ2) is 5.83. The molecule has 4 heteroatoms. The molecule has 2 rings (SSSR count). The first-order chi connectivity index (χ1) is 8.61. The quantitative estimate of drug-likeness (QED) is 0.898. The van der Waals surface area contributed by atoms with Crippen molar-refractivity contribution < 1.29 is 14.3 Å². The van der Waals surface area contributed by atoms with Crippen molar-refractivity contribution in [3.05, 3.63) is 18.1 Å². The van der Waals surface area contributed by atoms with E-state index in [9.17, 15) is 9.90 Å². The van der Waals surface area contributed by atoms with Gasteiger partial charge in [-0.15, -0.1) is 11.8 Å². The zero-order valence-electron chi connectivity index (χ0n) is 10.9. The number of aryl methyl sites for hydroxylation is 1. The molecule has 1 saturated carbocycles. The average molecular weight is 268 g/mol. The molecule has 3 nitrogen and oxygen atoms in total. The molecule has 18 heavy (non-hydrogen) atoms. The van der Waals surface area contributed by atoms with Crippen molar-refractivity contribution in [1.29, 1.82) is 0 Å². The summed E-state index contributed by atoms with van der Waals surface area (Å²) in [4.78, 5) is 12.4. The van der Waals surface area contributed by atoms with Gasteiger partial charge >= 0.3 is 5.97 Å². The summed E-state index contributed by atoms with van der Waals surface area (Å²) in [5.41, 5.74) is 0. The highest BCUT2D eigenvalue weighted by atomic mass is 32.2. The lowest BCUT2D eigenvalue weighted by molar-refractivity contribution is -0.142. The number of rotatable bonds is 4. The lowest BCUT2D eigenvalue weighted by Crippen LogP contribution is -2.32. The third-order valence-corrected chi connectivity index (χ3v) is 5.39. The number of carboxylic acid groups (broad SMARTS) is 1. The first kappa shape index (κ1) is 13.5. The van der Waals surface area contributed by atoms with E-state index in [2.05, 4.69) is 6.92 Å². The molecule has 0 aliphatic heterocycles. The smallest absolute Gasteiger partial charge is 0.307 e. The van der Waals surface area contributed by atoms with Crippen LogP contribution in [0.1, 0.15) is 38.4 Å². The van der Waals surface area contributed by atoms with Gasteiger partial charge in [0.05, 0.1) is 12.2 Å². The van der Waals surface area contributed by atoms with Crippen LogP contribution in [-0.2, 0) is 4.79 Å². The predicted molar refractivity (Wildman–Crippen MR) is 71.8 cm³/mol. The summed E-state index contributed by atoms with van der Waals surface area (Å²) in [6.45, 7) is 4.12. The zero-order chi connectivity index (χ0) is 13.1. The largest absolute Gasteiger partial charge is 0.481 e. The van der Waals surface area contributed by atoms with Gasteiger partial charge in [-0.05, 0) is 38.2 Å². The first-order valence-electron chi connectivity index (χ1n) is 6.55. The van der Waals surface area contributed by atoms with Crippen molar-refractivity contribution in [3.8, 4) is 0 Å². The maximum atomic E-state index is 11.3. The molecular weight excluding hydrogens is 248 g/mol. The minimum atomic E-state index is -0.650. The van der Waals surface area contributed by atoms with Crippen molar-refractivity contribution in [3.63, 3.8) is 0 Å². The van der Waals surface area contributed by atoms with Crippen LogP contribution in [0.15, 0.2) is 21.6 Å². The molecular formula is C14H20O3S. The summed E-state index contributed by atoms with van der Waals surface area (Å²) in [7, 11) is 0. The molecule has 100 valence electrons. The van der Waals surface area contributed by atoms with Gasteiger partial charge in [0.25, 0.3) is 0 Å². The summed E-state index contributed by atoms with van der Waals surface area (Å²) in [6, 6.07) is 1.94. The van der Waals surface area contributed by atoms with Crippen molar-refractivity contribution in [1.82, 2.24) is 0 Å². The van der Waals surface area contributed by atoms with E-state index in [-0.39, 0.29) is 11.2 Å². The van der Waals surface area contributed by atoms with Crippen LogP contribution in [0.5, 0.6) is 0 Å². The molecule has 1 aromatic heterocycles. The Hall–Kier alpha value is -0.900. The minimum absolute atomic E-state index is 0.178. The number of carboxylic acids is 1. The monoisotopic (exact) mass is 268 g/mol. The van der Waals surface area contributed by atoms with Gasteiger partial charge in [-0.1, -0.05) is 13.3 Å². The lowest BCUT2D eigenvalue weighted by Gasteiger charge is -2.33. The molecule has 1 fully saturated rings. The van der Waals surface area contributed by atoms with E-state index >= 15 is 0 Å². The van der Waals surface area contributed by atoms with Crippen molar-refractivity contribution in [2.75, 3.05) is 0 Å². The molecule has 3 atom stereocenters. The Balaban J connectivity index is 2.10. The Bertz CT molecular complexity index is 413. The summed E-state index contributed by atoms with van der Waals surface area (Å²) in [5, 5.41) is 9.51. The fourth-order valence-corrected chi connectivity index (χ4v) is 4.11. The number of furan rings is 1. The molecule has 1 N–H and O–H groups in total. The van der Waals surface area contributed by atoms with Gasteiger partial charge in [0.1, 0.15) is 5.76 Å². The third kappa shape index (κ3) is 2.91. The second-order valence-corrected chi connectivity index (χ2v) is 6.31. The summed E-state index contributed by atoms with van der Waals surface area (Å²) < 4.78 is 5.29. The molecule has 0 saturated heterocycles. The molecule has 1 aliphatic carbocycles. The minimum Gasteiger partial charge on any atom is -0.481 e. The molecule has 1 heterocycles. The van der Waals surface area contributed by atoms with Gasteiger partial charge in [-0.25, -0.2) is 0 Å². The molecule has 0 radical (unpaired) electrons. The van der Waals surface area contributed by atoms with Gasteiger partial charge in [0, 0.05) is 10.1 Å². The maximum absolute atomic E-state index is 11.3. The third-order valence-electron chi connectivity index (χ3n) is 3.88. The van der Waals surface area contributed by atoms with Crippen molar-refractivity contribution >= 4 is 17.7 Å². The van der Waals surface area contributed by atoms with Crippen molar-refractivity contribution in [2.45, 2.75) is 49.7 Å². The van der Waals surface area contributed by atoms with E-state index in [1.54, 1.807) is 18.0 Å². The normalized spacial score (nSPS) is 28.2. The summed E-state index contributed by atoms with van der Waals surface area (Å²) in [6.07, 6.45) is 5.68. The molecule has 1 aliphatic rings. The van der Waals surface area contributed by atoms with E-state index in [1.807, 2.05) is 13.0 Å². The van der Waals surface area contributed by atoms with Gasteiger partial charge in [0.2, 0.25) is 0 Å². The van der Waals surface area contributed by atoms with Gasteiger partial charge in [0.15, 0.2) is 0 Å². The summed E-state index contributed by atoms with van der Waals surface area (Å²) in [5.74, 6) is 0.698. The molecule has 0 amide bonds. The van der Waals surface area contributed by atoms with Crippen LogP contribution < -0.4 is 0 Å². The van der Waals surface area contributed by atoms with E-state index in [4.69, 9.17) is 4.42 Å². The fraction of sp³-hybridized carbons (Fsp3) is 0.643. The number of hydrogen-bond donors (Lipinski definition) is 1. The Kier molecular flexibility index (Phi) is 4.38. The Morgan fingerprint density at radius 1 is 1.56 bits per heavy atom. The average Bonchev–Trinajstić information content (AvgIpc) is 2.74. The zero-order valence-corrected chi connectivity index (χ0v) is 11.7. The van der Waals surface area contributed by atoms with Gasteiger partial charge in [-0.2, -0.15) is 0 Å². The molecule has 0 bridgehead atoms. The first-order valence-corrected chi connectivity index (χ1v) is 7.43. The number of carbonyl (C=O) groups is 1. The van der Waals surface area contributed by atoms with Gasteiger partial charge < -0.3 is 9.52 Å². The Labute approximate surface area is 112 Å². The molecule has 1 aromatic rings. The summed E-state index contributed by atoms with van der Waals surface area (Å²) >= 11 is 1.68. The van der Waals surface area contributed by atoms with Crippen LogP contribution in [0, 0.1) is 18.8 Å². The van der Waals surface area contributed by atoms with Gasteiger partial charge in [-0.3, -0.25) is 4.79 Å². The van der Waals surface area contributed by atoms with E-state index in [0.717, 1.165) is 36.3 Å². The van der Waals surface area contributed by atoms with Crippen LogP contribution >= 0.6 is 11.8 Å². The van der Waals surface area contributed by atoms with Crippen LogP contribution in [0.4, 0.5) is 0 Å². The highest BCUT2D eigenvalue weighted by molar-refractivity contribution is 8.00. The van der Waals surface area contributed by atoms with Crippen LogP contribution in [0.2, 0.25) is 0 Å². The highest BCUT2D eigenvalue weighted by Gasteiger charge is 2.35. The molecule has 0 aromatic carbocycles. The Morgan fingerprint density at radius 2 is 2.33 bits per heavy atom. The second-order valence-electron chi connectivity index (χ2n) is 5.03. The van der Waals surface area contributed by atoms with E-state index in [1.165, 1.54) is 0 Å². The van der Waals surface area contributed by atoms with Crippen molar-refractivity contribution in [2.24, 2.45) is 11.8 Å². The maximum Gasteiger partial charge on any atom is 0.307 e. The Morgan fingerprint density at radius 3 is 2.89 bits per heavy atom. The highest BCUT2D eigenvalue weighted by Crippen LogP contribution is 2.42. The lowest BCUT2D eigenvalue weighted by atomic mass is 9.80. The standard InChI is InChI=1S/C14H20O3S/c1-3-10-4-5-11(14(15)16)13(8-10)18-12-6-7-17-9(12)2/h6-7,10-11,13H,3-5,8H2,1-2H3,(H,15,16). The molecule has 0 spiro atoms. The van der Waals surface area contributed by atoms with Crippen LogP contribution in [-0.4, -0.2) is 16.3 Å². The molecule has 3 unspecified atom stereocenters. The van der Waals surface area contributed by atoms with Crippen LogP contribution in [0.25, 0.3) is 0 Å². The topological polar surface area (TPSA) is 50.4 Å². The van der Waals surface area contributed by atoms with Crippen LogP contribution in [0.3, 0.4) is 0 Å². The number of hydrogen-bond acceptors (Lipinski definition) is 3. The fourth-order valence-electron chi connectivity index (χ4n) is 2.65. The van der Waals surface area contributed by atoms with E-state index < -0.39 is 5.97 Å².